The zero-order valence-electron chi connectivity index (χ0n) is 19.6. The fraction of sp³-hybridized carbons (Fsp3) is 0.250. The number of nitrogens with zero attached hydrogens (tertiary/aromatic N) is 2. The van der Waals surface area contributed by atoms with Gasteiger partial charge >= 0.3 is 0 Å². The van der Waals surface area contributed by atoms with Gasteiger partial charge in [-0.1, -0.05) is 47.2 Å². The molecule has 1 aromatic heterocycles. The molecule has 2 heterocycles. The molecule has 0 amide bonds. The van der Waals surface area contributed by atoms with Gasteiger partial charge in [-0.25, -0.2) is 27.1 Å². The van der Waals surface area contributed by atoms with Gasteiger partial charge < -0.3 is 10.6 Å². The van der Waals surface area contributed by atoms with Crippen molar-refractivity contribution in [1.29, 1.82) is 4.78 Å². The van der Waals surface area contributed by atoms with Gasteiger partial charge in [0.25, 0.3) is 0 Å². The van der Waals surface area contributed by atoms with Crippen LogP contribution in [0.4, 0.5) is 17.5 Å². The number of nitrogens with one attached hydrogen (secondary N) is 4. The Bertz CT molecular complexity index is 1590. The van der Waals surface area contributed by atoms with E-state index in [0.717, 1.165) is 0 Å². The summed E-state index contributed by atoms with van der Waals surface area (Å²) in [5.41, 5.74) is 1.19. The van der Waals surface area contributed by atoms with E-state index in [9.17, 15) is 12.6 Å². The third-order valence-corrected chi connectivity index (χ3v) is 9.69. The highest BCUT2D eigenvalue weighted by Crippen LogP contribution is 2.28. The van der Waals surface area contributed by atoms with Crippen LogP contribution in [0, 0.1) is 16.6 Å². The number of benzene rings is 2. The molecule has 1 unspecified atom stereocenters. The van der Waals surface area contributed by atoms with Gasteiger partial charge in [0.1, 0.15) is 10.7 Å². The van der Waals surface area contributed by atoms with E-state index in [4.69, 9.17) is 28.0 Å². The van der Waals surface area contributed by atoms with Crippen molar-refractivity contribution in [1.82, 2.24) is 14.7 Å². The minimum absolute atomic E-state index is 0.0310. The van der Waals surface area contributed by atoms with Gasteiger partial charge in [-0.15, -0.1) is 0 Å². The predicted molar refractivity (Wildman–Crippen MR) is 147 cm³/mol. The number of hydrogen-bond acceptors (Lipinski definition) is 8. The zero-order chi connectivity index (χ0) is 26.5. The van der Waals surface area contributed by atoms with E-state index in [1.807, 2.05) is 0 Å². The van der Waals surface area contributed by atoms with E-state index >= 15 is 0 Å². The molecule has 37 heavy (non-hydrogen) atoms. The number of halogens is 2. The van der Waals surface area contributed by atoms with Crippen LogP contribution in [0.1, 0.15) is 24.8 Å². The highest BCUT2D eigenvalue weighted by molar-refractivity contribution is 7.92. The molecule has 4 N–H and O–H groups in total. The van der Waals surface area contributed by atoms with E-state index in [2.05, 4.69) is 37.2 Å². The lowest BCUT2D eigenvalue weighted by Gasteiger charge is -2.10. The fourth-order valence-electron chi connectivity index (χ4n) is 3.51. The first-order chi connectivity index (χ1) is 17.7. The molecule has 4 rings (SSSR count). The molecule has 1 aliphatic heterocycles. The van der Waals surface area contributed by atoms with Gasteiger partial charge in [-0.2, -0.15) is 4.98 Å². The molecule has 1 aliphatic rings. The van der Waals surface area contributed by atoms with Crippen LogP contribution in [0.3, 0.4) is 0 Å². The fourth-order valence-corrected chi connectivity index (χ4v) is 6.76. The van der Waals surface area contributed by atoms with Crippen molar-refractivity contribution in [2.45, 2.75) is 29.1 Å². The van der Waals surface area contributed by atoms with Gasteiger partial charge in [0.2, 0.25) is 16.0 Å². The summed E-state index contributed by atoms with van der Waals surface area (Å²) in [5, 5.41) is 6.45. The summed E-state index contributed by atoms with van der Waals surface area (Å²) in [6.07, 6.45) is 3.13. The van der Waals surface area contributed by atoms with Crippen LogP contribution in [0.15, 0.2) is 58.5 Å². The minimum atomic E-state index is -3.84. The van der Waals surface area contributed by atoms with Crippen molar-refractivity contribution < 1.29 is 12.6 Å². The highest BCUT2D eigenvalue weighted by Gasteiger charge is 2.18. The molecule has 0 aliphatic carbocycles. The van der Waals surface area contributed by atoms with E-state index < -0.39 is 19.8 Å². The SMILES string of the molecule is N=S1(=O)CCCCNc2nc(ncc2C#CCCNS(=O)(=O)c2cccc(Cl)c2Cl)Nc2cccc1c2. The summed E-state index contributed by atoms with van der Waals surface area (Å²) in [4.78, 5) is 9.24. The topological polar surface area (TPSA) is 137 Å². The minimum Gasteiger partial charge on any atom is -0.369 e. The molecule has 0 saturated heterocycles. The lowest BCUT2D eigenvalue weighted by molar-refractivity contribution is 0.582. The molecule has 0 saturated carbocycles. The van der Waals surface area contributed by atoms with Gasteiger partial charge in [-0.3, -0.25) is 0 Å². The number of rotatable bonds is 4. The maximum atomic E-state index is 12.8. The average molecular weight is 580 g/mol. The molecular formula is C24H24Cl2N6O3S2. The molecule has 2 aromatic carbocycles. The quantitative estimate of drug-likeness (QED) is 0.256. The van der Waals surface area contributed by atoms with E-state index in [0.29, 0.717) is 47.3 Å². The number of anilines is 3. The van der Waals surface area contributed by atoms with E-state index in [1.54, 1.807) is 30.5 Å². The van der Waals surface area contributed by atoms with Crippen LogP contribution in [0.5, 0.6) is 0 Å². The number of aromatic nitrogens is 2. The number of hydrogen-bond donors (Lipinski definition) is 4. The highest BCUT2D eigenvalue weighted by atomic mass is 35.5. The van der Waals surface area contributed by atoms with Crippen LogP contribution in [-0.4, -0.2) is 41.4 Å². The molecular weight excluding hydrogens is 555 g/mol. The Morgan fingerprint density at radius 3 is 2.81 bits per heavy atom. The molecule has 4 bridgehead atoms. The summed E-state index contributed by atoms with van der Waals surface area (Å²) in [6, 6.07) is 11.3. The number of fused-ring (bicyclic) bond motifs is 4. The third-order valence-electron chi connectivity index (χ3n) is 5.38. The van der Waals surface area contributed by atoms with Gasteiger partial charge in [-0.05, 0) is 43.2 Å². The first kappa shape index (κ1) is 27.2. The summed E-state index contributed by atoms with van der Waals surface area (Å²) in [5.74, 6) is 7.06. The monoisotopic (exact) mass is 578 g/mol. The molecule has 0 radical (unpaired) electrons. The van der Waals surface area contributed by atoms with Gasteiger partial charge in [0.05, 0.1) is 31.5 Å². The predicted octanol–water partition coefficient (Wildman–Crippen LogP) is 4.86. The van der Waals surface area contributed by atoms with Crippen molar-refractivity contribution in [3.8, 4) is 11.8 Å². The standard InChI is InChI=1S/C24H24Cl2N6O3S2/c25-20-10-6-11-21(22(20)26)37(34,35)30-13-2-1-7-17-16-29-24-31-18-8-5-9-19(15-18)36(27,33)14-4-3-12-28-23(17)32-24/h5-6,8-11,15-16,27,30H,2-4,12-14H2,(H2,28,29,31,32). The zero-order valence-corrected chi connectivity index (χ0v) is 22.7. The molecule has 1 atom stereocenters. The second-order valence-electron chi connectivity index (χ2n) is 8.12. The molecule has 194 valence electrons. The van der Waals surface area contributed by atoms with E-state index in [1.165, 1.54) is 18.2 Å². The molecule has 13 heteroatoms. The summed E-state index contributed by atoms with van der Waals surface area (Å²) >= 11 is 12.0. The van der Waals surface area contributed by atoms with Crippen molar-refractivity contribution in [2.24, 2.45) is 0 Å². The maximum absolute atomic E-state index is 12.8. The summed E-state index contributed by atoms with van der Waals surface area (Å²) in [7, 11) is -6.72. The molecule has 0 spiro atoms. The van der Waals surface area contributed by atoms with E-state index in [-0.39, 0.29) is 33.7 Å². The van der Waals surface area contributed by atoms with Crippen molar-refractivity contribution in [3.63, 3.8) is 0 Å². The van der Waals surface area contributed by atoms with Gasteiger partial charge in [0.15, 0.2) is 0 Å². The Balaban J connectivity index is 1.47. The normalized spacial score (nSPS) is 17.6. The third kappa shape index (κ3) is 6.91. The molecule has 9 nitrogen and oxygen atoms in total. The molecule has 0 fully saturated rings. The second kappa shape index (κ2) is 11.7. The maximum Gasteiger partial charge on any atom is 0.242 e. The second-order valence-corrected chi connectivity index (χ2v) is 12.9. The first-order valence-electron chi connectivity index (χ1n) is 11.3. The smallest absolute Gasteiger partial charge is 0.242 e. The lowest BCUT2D eigenvalue weighted by Crippen LogP contribution is -2.24. The van der Waals surface area contributed by atoms with Crippen molar-refractivity contribution >= 4 is 60.4 Å². The van der Waals surface area contributed by atoms with Crippen LogP contribution in [0.25, 0.3) is 0 Å². The Morgan fingerprint density at radius 2 is 1.97 bits per heavy atom. The lowest BCUT2D eigenvalue weighted by atomic mass is 10.2. The first-order valence-corrected chi connectivity index (χ1v) is 15.3. The Hall–Kier alpha value is -2.88. The Morgan fingerprint density at radius 1 is 1.16 bits per heavy atom. The van der Waals surface area contributed by atoms with Crippen LogP contribution >= 0.6 is 23.2 Å². The summed E-state index contributed by atoms with van der Waals surface area (Å²) < 4.78 is 48.6. The van der Waals surface area contributed by atoms with Crippen LogP contribution in [0.2, 0.25) is 10.0 Å². The van der Waals surface area contributed by atoms with Crippen LogP contribution in [-0.2, 0) is 19.8 Å². The average Bonchev–Trinajstić information content (AvgIpc) is 2.86. The van der Waals surface area contributed by atoms with Crippen molar-refractivity contribution in [2.75, 3.05) is 29.5 Å². The Kier molecular flexibility index (Phi) is 8.56. The number of sulfonamides is 1. The largest absolute Gasteiger partial charge is 0.369 e. The van der Waals surface area contributed by atoms with Crippen molar-refractivity contribution in [3.05, 3.63) is 64.3 Å². The van der Waals surface area contributed by atoms with Gasteiger partial charge in [0, 0.05) is 35.8 Å². The Labute approximate surface area is 226 Å². The van der Waals surface area contributed by atoms with Crippen LogP contribution < -0.4 is 15.4 Å². The molecule has 3 aromatic rings. The summed E-state index contributed by atoms with van der Waals surface area (Å²) in [6.45, 7) is 0.628.